The highest BCUT2D eigenvalue weighted by molar-refractivity contribution is 7.99. The van der Waals surface area contributed by atoms with Crippen LogP contribution in [0.4, 0.5) is 11.5 Å². The Bertz CT molecular complexity index is 436. The van der Waals surface area contributed by atoms with Gasteiger partial charge in [0.15, 0.2) is 0 Å². The second-order valence-electron chi connectivity index (χ2n) is 4.00. The molecule has 7 heteroatoms. The SMILES string of the molecule is CNc1cc([N+](=O)[O-])cc(SCC2CCCO2)n1. The minimum absolute atomic E-state index is 0.0594. The van der Waals surface area contributed by atoms with Gasteiger partial charge in [-0.3, -0.25) is 10.1 Å². The molecule has 1 N–H and O–H groups in total. The first-order chi connectivity index (χ1) is 8.69. The van der Waals surface area contributed by atoms with Gasteiger partial charge < -0.3 is 10.1 Å². The molecule has 1 aliphatic heterocycles. The number of anilines is 1. The van der Waals surface area contributed by atoms with E-state index in [1.807, 2.05) is 0 Å². The zero-order valence-electron chi connectivity index (χ0n) is 10.1. The molecular formula is C11H15N3O3S. The number of hydrogen-bond donors (Lipinski definition) is 1. The van der Waals surface area contributed by atoms with Crippen molar-refractivity contribution in [1.29, 1.82) is 0 Å². The van der Waals surface area contributed by atoms with Crippen LogP contribution in [0.2, 0.25) is 0 Å². The highest BCUT2D eigenvalue weighted by Crippen LogP contribution is 2.27. The fourth-order valence-corrected chi connectivity index (χ4v) is 2.74. The van der Waals surface area contributed by atoms with Gasteiger partial charge in [-0.15, -0.1) is 11.8 Å². The van der Waals surface area contributed by atoms with Crippen LogP contribution in [0, 0.1) is 10.1 Å². The van der Waals surface area contributed by atoms with Crippen molar-refractivity contribution >= 4 is 23.3 Å². The fourth-order valence-electron chi connectivity index (χ4n) is 1.75. The van der Waals surface area contributed by atoms with Crippen LogP contribution in [0.15, 0.2) is 17.2 Å². The number of nitrogens with zero attached hydrogens (tertiary/aromatic N) is 2. The van der Waals surface area contributed by atoms with Crippen molar-refractivity contribution < 1.29 is 9.66 Å². The van der Waals surface area contributed by atoms with Gasteiger partial charge in [0.2, 0.25) is 0 Å². The molecule has 1 atom stereocenters. The van der Waals surface area contributed by atoms with Gasteiger partial charge in [0.25, 0.3) is 5.69 Å². The second kappa shape index (κ2) is 6.01. The molecule has 98 valence electrons. The molecule has 0 bridgehead atoms. The van der Waals surface area contributed by atoms with Crippen molar-refractivity contribution in [2.75, 3.05) is 24.7 Å². The van der Waals surface area contributed by atoms with E-state index in [1.165, 1.54) is 23.9 Å². The lowest BCUT2D eigenvalue weighted by atomic mass is 10.3. The summed E-state index contributed by atoms with van der Waals surface area (Å²) in [6, 6.07) is 2.93. The first-order valence-corrected chi connectivity index (χ1v) is 6.76. The summed E-state index contributed by atoms with van der Waals surface area (Å²) in [5.41, 5.74) is 0.0594. The molecular weight excluding hydrogens is 254 g/mol. The normalized spacial score (nSPS) is 18.8. The Morgan fingerprint density at radius 2 is 2.50 bits per heavy atom. The molecule has 0 amide bonds. The van der Waals surface area contributed by atoms with Crippen molar-refractivity contribution in [3.63, 3.8) is 0 Å². The molecule has 0 radical (unpaired) electrons. The van der Waals surface area contributed by atoms with Gasteiger partial charge in [0.05, 0.1) is 17.1 Å². The number of nitrogens with one attached hydrogen (secondary N) is 1. The summed E-state index contributed by atoms with van der Waals surface area (Å²) in [6.45, 7) is 0.815. The summed E-state index contributed by atoms with van der Waals surface area (Å²) in [7, 11) is 1.70. The number of rotatable bonds is 5. The molecule has 1 aliphatic rings. The molecule has 18 heavy (non-hydrogen) atoms. The molecule has 6 nitrogen and oxygen atoms in total. The maximum atomic E-state index is 10.8. The highest BCUT2D eigenvalue weighted by Gasteiger charge is 2.17. The fraction of sp³-hybridized carbons (Fsp3) is 0.545. The summed E-state index contributed by atoms with van der Waals surface area (Å²) >= 11 is 1.50. The van der Waals surface area contributed by atoms with Crippen molar-refractivity contribution in [3.05, 3.63) is 22.2 Å². The summed E-state index contributed by atoms with van der Waals surface area (Å²) in [5, 5.41) is 14.3. The van der Waals surface area contributed by atoms with Crippen molar-refractivity contribution in [3.8, 4) is 0 Å². The Morgan fingerprint density at radius 1 is 1.67 bits per heavy atom. The van der Waals surface area contributed by atoms with E-state index in [0.29, 0.717) is 10.8 Å². The Kier molecular flexibility index (Phi) is 4.38. The van der Waals surface area contributed by atoms with Crippen LogP contribution < -0.4 is 5.32 Å². The van der Waals surface area contributed by atoms with E-state index in [2.05, 4.69) is 10.3 Å². The minimum Gasteiger partial charge on any atom is -0.377 e. The Labute approximate surface area is 109 Å². The lowest BCUT2D eigenvalue weighted by Crippen LogP contribution is -2.08. The van der Waals surface area contributed by atoms with Crippen LogP contribution in [0.3, 0.4) is 0 Å². The summed E-state index contributed by atoms with van der Waals surface area (Å²) in [4.78, 5) is 14.7. The third kappa shape index (κ3) is 3.33. The molecule has 0 aliphatic carbocycles. The molecule has 0 spiro atoms. The van der Waals surface area contributed by atoms with Crippen molar-refractivity contribution in [2.24, 2.45) is 0 Å². The number of ether oxygens (including phenoxy) is 1. The smallest absolute Gasteiger partial charge is 0.275 e. The maximum Gasteiger partial charge on any atom is 0.275 e. The van der Waals surface area contributed by atoms with E-state index in [-0.39, 0.29) is 11.8 Å². The van der Waals surface area contributed by atoms with Crippen LogP contribution in [0.25, 0.3) is 0 Å². The van der Waals surface area contributed by atoms with Gasteiger partial charge in [-0.25, -0.2) is 4.98 Å². The number of nitro groups is 1. The highest BCUT2D eigenvalue weighted by atomic mass is 32.2. The van der Waals surface area contributed by atoms with Gasteiger partial charge in [0.1, 0.15) is 10.8 Å². The third-order valence-electron chi connectivity index (χ3n) is 2.69. The Morgan fingerprint density at radius 3 is 3.11 bits per heavy atom. The number of aromatic nitrogens is 1. The molecule has 2 rings (SSSR count). The predicted molar refractivity (Wildman–Crippen MR) is 70.1 cm³/mol. The lowest BCUT2D eigenvalue weighted by molar-refractivity contribution is -0.385. The average Bonchev–Trinajstić information content (AvgIpc) is 2.89. The monoisotopic (exact) mass is 269 g/mol. The van der Waals surface area contributed by atoms with E-state index in [4.69, 9.17) is 4.74 Å². The van der Waals surface area contributed by atoms with E-state index in [9.17, 15) is 10.1 Å². The number of pyridine rings is 1. The van der Waals surface area contributed by atoms with Gasteiger partial charge in [-0.05, 0) is 12.8 Å². The van der Waals surface area contributed by atoms with Crippen LogP contribution in [0.1, 0.15) is 12.8 Å². The standard InChI is InChI=1S/C11H15N3O3S/c1-12-10-5-8(14(15)16)6-11(13-10)18-7-9-3-2-4-17-9/h5-6,9H,2-4,7H2,1H3,(H,12,13). The lowest BCUT2D eigenvalue weighted by Gasteiger charge is -2.08. The zero-order valence-corrected chi connectivity index (χ0v) is 10.9. The third-order valence-corrected chi connectivity index (χ3v) is 3.74. The molecule has 1 saturated heterocycles. The topological polar surface area (TPSA) is 77.3 Å². The molecule has 1 unspecified atom stereocenters. The summed E-state index contributed by atoms with van der Waals surface area (Å²) < 4.78 is 5.51. The largest absolute Gasteiger partial charge is 0.377 e. The van der Waals surface area contributed by atoms with Crippen LogP contribution in [-0.2, 0) is 4.74 Å². The molecule has 1 fully saturated rings. The van der Waals surface area contributed by atoms with Crippen LogP contribution in [0.5, 0.6) is 0 Å². The van der Waals surface area contributed by atoms with Gasteiger partial charge in [-0.1, -0.05) is 0 Å². The van der Waals surface area contributed by atoms with E-state index >= 15 is 0 Å². The van der Waals surface area contributed by atoms with Gasteiger partial charge >= 0.3 is 0 Å². The average molecular weight is 269 g/mol. The molecule has 0 saturated carbocycles. The quantitative estimate of drug-likeness (QED) is 0.502. The maximum absolute atomic E-state index is 10.8. The second-order valence-corrected chi connectivity index (χ2v) is 5.04. The van der Waals surface area contributed by atoms with E-state index in [0.717, 1.165) is 25.2 Å². The zero-order chi connectivity index (χ0) is 13.0. The number of thioether (sulfide) groups is 1. The van der Waals surface area contributed by atoms with Gasteiger partial charge in [0, 0.05) is 25.5 Å². The first kappa shape index (κ1) is 13.1. The first-order valence-electron chi connectivity index (χ1n) is 5.77. The Hall–Kier alpha value is -1.34. The van der Waals surface area contributed by atoms with Crippen LogP contribution in [-0.4, -0.2) is 35.4 Å². The summed E-state index contributed by atoms with van der Waals surface area (Å²) in [5.74, 6) is 1.30. The molecule has 0 aromatic carbocycles. The van der Waals surface area contributed by atoms with Gasteiger partial charge in [-0.2, -0.15) is 0 Å². The molecule has 1 aromatic rings. The summed E-state index contributed by atoms with van der Waals surface area (Å²) in [6.07, 6.45) is 2.39. The number of hydrogen-bond acceptors (Lipinski definition) is 6. The van der Waals surface area contributed by atoms with E-state index in [1.54, 1.807) is 7.05 Å². The predicted octanol–water partition coefficient (Wildman–Crippen LogP) is 2.30. The minimum atomic E-state index is -0.404. The molecule has 2 heterocycles. The van der Waals surface area contributed by atoms with Crippen molar-refractivity contribution in [1.82, 2.24) is 4.98 Å². The van der Waals surface area contributed by atoms with Crippen LogP contribution >= 0.6 is 11.8 Å². The Balaban J connectivity index is 2.05. The molecule has 1 aromatic heterocycles. The van der Waals surface area contributed by atoms with E-state index < -0.39 is 4.92 Å². The van der Waals surface area contributed by atoms with Crippen molar-refractivity contribution in [2.45, 2.75) is 24.0 Å².